The number of methoxy groups -OCH3 is 1. The van der Waals surface area contributed by atoms with Crippen molar-refractivity contribution in [2.45, 2.75) is 71.3 Å². The molecule has 0 aromatic rings. The van der Waals surface area contributed by atoms with Gasteiger partial charge in [0.25, 0.3) is 0 Å². The van der Waals surface area contributed by atoms with E-state index < -0.39 is 0 Å². The minimum atomic E-state index is -0.151. The number of carbonyl (C=O) groups is 1. The normalized spacial score (nSPS) is 42.8. The zero-order chi connectivity index (χ0) is 18.2. The summed E-state index contributed by atoms with van der Waals surface area (Å²) in [5.74, 6) is 1.60. The Morgan fingerprint density at radius 2 is 1.92 bits per heavy atom. The summed E-state index contributed by atoms with van der Waals surface area (Å²) < 4.78 is 4.25. The van der Waals surface area contributed by atoms with Gasteiger partial charge in [-0.1, -0.05) is 37.1 Å². The van der Waals surface area contributed by atoms with Crippen LogP contribution in [0.5, 0.6) is 0 Å². The first-order valence-corrected chi connectivity index (χ1v) is 9.88. The van der Waals surface area contributed by atoms with E-state index in [2.05, 4.69) is 30.7 Å². The van der Waals surface area contributed by atoms with Crippen LogP contribution in [0.25, 0.3) is 0 Å². The number of aliphatic hydroxyl groups is 1. The van der Waals surface area contributed by atoms with Crippen LogP contribution in [-0.4, -0.2) is 31.2 Å². The molecule has 4 rings (SSSR count). The third-order valence-corrected chi connectivity index (χ3v) is 7.40. The molecule has 5 atom stereocenters. The van der Waals surface area contributed by atoms with Crippen LogP contribution in [0.3, 0.4) is 0 Å². The number of hydrogen-bond acceptors (Lipinski definition) is 3. The van der Waals surface area contributed by atoms with Crippen molar-refractivity contribution in [3.8, 4) is 0 Å². The molecular weight excluding hydrogens is 312 g/mol. The lowest BCUT2D eigenvalue weighted by atomic mass is 9.49. The first kappa shape index (κ1) is 18.8. The van der Waals surface area contributed by atoms with Crippen molar-refractivity contribution < 1.29 is 14.6 Å². The van der Waals surface area contributed by atoms with Crippen molar-refractivity contribution in [3.63, 3.8) is 0 Å². The lowest BCUT2D eigenvalue weighted by molar-refractivity contribution is -0.136. The van der Waals surface area contributed by atoms with E-state index in [1.54, 1.807) is 19.8 Å². The van der Waals surface area contributed by atoms with Crippen molar-refractivity contribution in [3.05, 3.63) is 23.3 Å². The van der Waals surface area contributed by atoms with E-state index in [0.717, 1.165) is 44.9 Å². The highest BCUT2D eigenvalue weighted by molar-refractivity contribution is 5.86. The third-order valence-electron chi connectivity index (χ3n) is 7.40. The molecular formula is C22H34O3. The Kier molecular flexibility index (Phi) is 5.28. The van der Waals surface area contributed by atoms with Gasteiger partial charge in [-0.05, 0) is 56.8 Å². The van der Waals surface area contributed by atoms with Crippen molar-refractivity contribution in [1.29, 1.82) is 0 Å². The quantitative estimate of drug-likeness (QED) is 0.659. The van der Waals surface area contributed by atoms with Crippen molar-refractivity contribution in [2.24, 2.45) is 22.7 Å². The van der Waals surface area contributed by atoms with Gasteiger partial charge in [0.05, 0.1) is 6.10 Å². The number of ether oxygens (including phenoxy) is 1. The molecule has 0 spiro atoms. The molecule has 0 saturated heterocycles. The molecule has 1 N–H and O–H groups in total. The van der Waals surface area contributed by atoms with Gasteiger partial charge in [-0.2, -0.15) is 0 Å². The van der Waals surface area contributed by atoms with Crippen LogP contribution >= 0.6 is 0 Å². The zero-order valence-corrected chi connectivity index (χ0v) is 16.3. The second kappa shape index (κ2) is 7.00. The summed E-state index contributed by atoms with van der Waals surface area (Å²) in [6.45, 7) is 4.61. The largest absolute Gasteiger partial charge is 0.393 e. The topological polar surface area (TPSA) is 46.5 Å². The number of rotatable bonds is 0. The molecule has 4 aliphatic rings. The molecule has 0 amide bonds. The fourth-order valence-electron chi connectivity index (χ4n) is 5.92. The number of hydrogen-bond donors (Lipinski definition) is 1. The van der Waals surface area contributed by atoms with E-state index in [9.17, 15) is 9.90 Å². The van der Waals surface area contributed by atoms with Crippen LogP contribution in [0, 0.1) is 22.7 Å². The smallest absolute Gasteiger partial charge is 0.139 e. The maximum Gasteiger partial charge on any atom is 0.139 e. The van der Waals surface area contributed by atoms with Crippen LogP contribution < -0.4 is 0 Å². The lowest BCUT2D eigenvalue weighted by Crippen LogP contribution is -2.49. The van der Waals surface area contributed by atoms with Crippen LogP contribution in [0.15, 0.2) is 23.3 Å². The number of ketones is 1. The minimum absolute atomic E-state index is 0.109. The van der Waals surface area contributed by atoms with Crippen molar-refractivity contribution in [2.75, 3.05) is 14.2 Å². The molecule has 2 saturated carbocycles. The molecule has 25 heavy (non-hydrogen) atoms. The van der Waals surface area contributed by atoms with Gasteiger partial charge in [-0.15, -0.1) is 0 Å². The van der Waals surface area contributed by atoms with Crippen LogP contribution in [-0.2, 0) is 9.53 Å². The highest BCUT2D eigenvalue weighted by atomic mass is 16.4. The van der Waals surface area contributed by atoms with Crippen LogP contribution in [0.2, 0.25) is 0 Å². The summed E-state index contributed by atoms with van der Waals surface area (Å²) in [4.78, 5) is 12.6. The highest BCUT2D eigenvalue weighted by Crippen LogP contribution is 2.60. The maximum atomic E-state index is 12.6. The summed E-state index contributed by atoms with van der Waals surface area (Å²) in [5.41, 5.74) is 3.11. The number of Topliss-reactive ketones (excluding diaryl/α,β-unsaturated/α-hetero) is 1. The molecule has 5 unspecified atom stereocenters. The predicted molar refractivity (Wildman–Crippen MR) is 100 cm³/mol. The van der Waals surface area contributed by atoms with Gasteiger partial charge in [-0.3, -0.25) is 4.79 Å². The molecule has 3 nitrogen and oxygen atoms in total. The van der Waals surface area contributed by atoms with E-state index in [4.69, 9.17) is 0 Å². The number of carbonyl (C=O) groups excluding carboxylic acids is 1. The Bertz CT molecular complexity index is 590. The SMILES string of the molecule is CC12CCC(O)CC1=CCC1C2=CCC2(C)C(=O)CCCC12.COC. The molecule has 3 heteroatoms. The highest BCUT2D eigenvalue weighted by Gasteiger charge is 2.53. The Balaban J connectivity index is 0.000000569. The fourth-order valence-corrected chi connectivity index (χ4v) is 5.92. The Labute approximate surface area is 152 Å². The first-order chi connectivity index (χ1) is 11.9. The van der Waals surface area contributed by atoms with Crippen molar-refractivity contribution in [1.82, 2.24) is 0 Å². The molecule has 0 radical (unpaired) electrons. The Hall–Kier alpha value is -0.930. The van der Waals surface area contributed by atoms with E-state index in [1.165, 1.54) is 12.0 Å². The first-order valence-electron chi connectivity index (χ1n) is 9.88. The molecule has 0 heterocycles. The second-order valence-electron chi connectivity index (χ2n) is 8.91. The number of fused-ring (bicyclic) bond motifs is 5. The summed E-state index contributed by atoms with van der Waals surface area (Å²) in [6.07, 6.45) is 12.6. The van der Waals surface area contributed by atoms with E-state index in [-0.39, 0.29) is 16.9 Å². The summed E-state index contributed by atoms with van der Waals surface area (Å²) in [5, 5.41) is 10.0. The molecule has 0 aromatic carbocycles. The van der Waals surface area contributed by atoms with Gasteiger partial charge < -0.3 is 9.84 Å². The fraction of sp³-hybridized carbons (Fsp3) is 0.773. The third kappa shape index (κ3) is 3.04. The monoisotopic (exact) mass is 346 g/mol. The Morgan fingerprint density at radius 3 is 2.64 bits per heavy atom. The molecule has 0 aromatic heterocycles. The maximum absolute atomic E-state index is 12.6. The second-order valence-corrected chi connectivity index (χ2v) is 8.91. The average Bonchev–Trinajstić information content (AvgIpc) is 2.57. The summed E-state index contributed by atoms with van der Waals surface area (Å²) in [6, 6.07) is 0. The predicted octanol–water partition coefficient (Wildman–Crippen LogP) is 4.45. The molecule has 0 aliphatic heterocycles. The summed E-state index contributed by atoms with van der Waals surface area (Å²) >= 11 is 0. The van der Waals surface area contributed by atoms with E-state index >= 15 is 0 Å². The van der Waals surface area contributed by atoms with E-state index in [1.807, 2.05) is 0 Å². The van der Waals surface area contributed by atoms with Gasteiger partial charge in [0.1, 0.15) is 5.78 Å². The molecule has 2 fully saturated rings. The standard InChI is InChI=1S/C20H28O2.C2H6O/c1-19-10-8-14(21)12-13(19)6-7-15-16-4-3-5-18(22)20(16,2)11-9-17(15)19;1-3-2/h6,9,14-16,21H,3-5,7-8,10-12H2,1-2H3;1-2H3. The van der Waals surface area contributed by atoms with Crippen LogP contribution in [0.1, 0.15) is 65.2 Å². The van der Waals surface area contributed by atoms with E-state index in [0.29, 0.717) is 17.6 Å². The van der Waals surface area contributed by atoms with Gasteiger partial charge in [-0.25, -0.2) is 0 Å². The van der Waals surface area contributed by atoms with Crippen LogP contribution in [0.4, 0.5) is 0 Å². The Morgan fingerprint density at radius 1 is 1.20 bits per heavy atom. The number of allylic oxidation sites excluding steroid dienone is 3. The average molecular weight is 347 g/mol. The van der Waals surface area contributed by atoms with Gasteiger partial charge in [0.15, 0.2) is 0 Å². The summed E-state index contributed by atoms with van der Waals surface area (Å²) in [7, 11) is 3.25. The molecule has 0 bridgehead atoms. The zero-order valence-electron chi connectivity index (χ0n) is 16.3. The van der Waals surface area contributed by atoms with Gasteiger partial charge >= 0.3 is 0 Å². The molecule has 4 aliphatic carbocycles. The number of aliphatic hydroxyl groups excluding tert-OH is 1. The van der Waals surface area contributed by atoms with Gasteiger partial charge in [0.2, 0.25) is 0 Å². The van der Waals surface area contributed by atoms with Crippen molar-refractivity contribution >= 4 is 5.78 Å². The van der Waals surface area contributed by atoms with Gasteiger partial charge in [0, 0.05) is 31.5 Å². The molecule has 140 valence electrons. The lowest BCUT2D eigenvalue weighted by Gasteiger charge is -2.55. The minimum Gasteiger partial charge on any atom is -0.393 e.